The molecule has 0 spiro atoms. The molecule has 13 heteroatoms. The maximum absolute atomic E-state index is 13.6. The third-order valence-corrected chi connectivity index (χ3v) is 7.95. The molecule has 4 rings (SSSR count). The second-order valence-corrected chi connectivity index (χ2v) is 10.7. The number of benzene rings is 2. The number of sulfonamides is 1. The van der Waals surface area contributed by atoms with Crippen molar-refractivity contribution in [1.82, 2.24) is 19.4 Å². The Morgan fingerprint density at radius 2 is 1.84 bits per heavy atom. The van der Waals surface area contributed by atoms with Gasteiger partial charge in [0.2, 0.25) is 15.9 Å². The molecule has 0 radical (unpaired) electrons. The third kappa shape index (κ3) is 5.54. The number of nitro benzene ring substituents is 1. The minimum absolute atomic E-state index is 0.104. The van der Waals surface area contributed by atoms with E-state index in [9.17, 15) is 23.3 Å². The quantitative estimate of drug-likeness (QED) is 0.319. The van der Waals surface area contributed by atoms with Gasteiger partial charge in [-0.05, 0) is 38.5 Å². The predicted molar refractivity (Wildman–Crippen MR) is 138 cm³/mol. The summed E-state index contributed by atoms with van der Waals surface area (Å²) in [6.45, 7) is 6.58. The van der Waals surface area contributed by atoms with Crippen LogP contribution in [-0.2, 0) is 14.8 Å². The molecule has 1 aromatic heterocycles. The number of nitro groups is 1. The van der Waals surface area contributed by atoms with Crippen LogP contribution in [0.2, 0.25) is 0 Å². The van der Waals surface area contributed by atoms with Crippen LogP contribution in [0, 0.1) is 24.0 Å². The summed E-state index contributed by atoms with van der Waals surface area (Å²) in [5.74, 6) is -0.410. The van der Waals surface area contributed by atoms with Gasteiger partial charge in [-0.3, -0.25) is 14.9 Å². The molecule has 2 aromatic carbocycles. The first-order chi connectivity index (χ1) is 18.1. The molecule has 1 aliphatic rings. The second kappa shape index (κ2) is 11.3. The van der Waals surface area contributed by atoms with E-state index in [1.807, 2.05) is 26.0 Å². The van der Waals surface area contributed by atoms with Crippen LogP contribution in [0.1, 0.15) is 35.0 Å². The average Bonchev–Trinajstić information content (AvgIpc) is 3.24. The number of hydrogen-bond donors (Lipinski definition) is 1. The highest BCUT2D eigenvalue weighted by Crippen LogP contribution is 2.37. The highest BCUT2D eigenvalue weighted by Gasteiger charge is 2.32. The Labute approximate surface area is 220 Å². The molecule has 2 heterocycles. The number of carbonyl (C=O) groups is 1. The standard InChI is InChI=1S/C25H29N5O7S/c1-4-11-26-24(31)23-18(3)25(29(27-23)19-7-5-17(2)6-8-19)37-21-10-9-20(30(32)33)16-22(21)38(34,35)28-12-14-36-15-13-28/h5-10,16H,4,11-15H2,1-3H3,(H,26,31). The topological polar surface area (TPSA) is 146 Å². The van der Waals surface area contributed by atoms with Crippen molar-refractivity contribution in [2.24, 2.45) is 0 Å². The fraction of sp³-hybridized carbons (Fsp3) is 0.360. The number of amides is 1. The predicted octanol–water partition coefficient (Wildman–Crippen LogP) is 3.35. The number of non-ortho nitro benzene ring substituents is 1. The van der Waals surface area contributed by atoms with Crippen molar-refractivity contribution in [1.29, 1.82) is 0 Å². The average molecular weight is 544 g/mol. The number of nitrogens with one attached hydrogen (secondary N) is 1. The molecule has 3 aromatic rings. The van der Waals surface area contributed by atoms with Crippen molar-refractivity contribution in [2.45, 2.75) is 32.1 Å². The van der Waals surface area contributed by atoms with Gasteiger partial charge in [0.25, 0.3) is 11.6 Å². The maximum atomic E-state index is 13.6. The van der Waals surface area contributed by atoms with E-state index in [4.69, 9.17) is 9.47 Å². The van der Waals surface area contributed by atoms with E-state index in [0.717, 1.165) is 18.1 Å². The molecule has 0 atom stereocenters. The van der Waals surface area contributed by atoms with E-state index < -0.39 is 26.5 Å². The van der Waals surface area contributed by atoms with Crippen LogP contribution in [0.15, 0.2) is 47.4 Å². The lowest BCUT2D eigenvalue weighted by atomic mass is 10.2. The molecule has 12 nitrogen and oxygen atoms in total. The fourth-order valence-corrected chi connectivity index (χ4v) is 5.47. The fourth-order valence-electron chi connectivity index (χ4n) is 3.93. The molecule has 0 aliphatic carbocycles. The Hall–Kier alpha value is -3.81. The molecule has 1 fully saturated rings. The number of rotatable bonds is 9. The minimum Gasteiger partial charge on any atom is -0.437 e. The van der Waals surface area contributed by atoms with Gasteiger partial charge >= 0.3 is 0 Å². The van der Waals surface area contributed by atoms with Crippen molar-refractivity contribution < 1.29 is 27.6 Å². The molecule has 0 bridgehead atoms. The van der Waals surface area contributed by atoms with Crippen molar-refractivity contribution in [3.8, 4) is 17.3 Å². The van der Waals surface area contributed by atoms with E-state index in [1.54, 1.807) is 19.1 Å². The van der Waals surface area contributed by atoms with Crippen LogP contribution < -0.4 is 10.1 Å². The highest BCUT2D eigenvalue weighted by atomic mass is 32.2. The normalized spacial score (nSPS) is 14.3. The largest absolute Gasteiger partial charge is 0.437 e. The molecule has 202 valence electrons. The van der Waals surface area contributed by atoms with Crippen LogP contribution in [0.5, 0.6) is 11.6 Å². The monoisotopic (exact) mass is 543 g/mol. The molecule has 1 aliphatic heterocycles. The summed E-state index contributed by atoms with van der Waals surface area (Å²) in [6.07, 6.45) is 0.734. The maximum Gasteiger partial charge on any atom is 0.272 e. The zero-order chi connectivity index (χ0) is 27.4. The van der Waals surface area contributed by atoms with Gasteiger partial charge in [0.05, 0.1) is 23.8 Å². The number of morpholine rings is 1. The Morgan fingerprint density at radius 1 is 1.16 bits per heavy atom. The Kier molecular flexibility index (Phi) is 8.09. The minimum atomic E-state index is -4.17. The van der Waals surface area contributed by atoms with Crippen molar-refractivity contribution in [2.75, 3.05) is 32.8 Å². The van der Waals surface area contributed by atoms with Gasteiger partial charge in [-0.2, -0.15) is 14.1 Å². The van der Waals surface area contributed by atoms with E-state index in [-0.39, 0.29) is 48.5 Å². The molecule has 0 saturated carbocycles. The molecule has 0 unspecified atom stereocenters. The summed E-state index contributed by atoms with van der Waals surface area (Å²) in [4.78, 5) is 23.3. The number of hydrogen-bond acceptors (Lipinski definition) is 8. The van der Waals surface area contributed by atoms with Crippen LogP contribution in [-0.4, -0.2) is 66.2 Å². The number of carbonyl (C=O) groups excluding carboxylic acids is 1. The summed E-state index contributed by atoms with van der Waals surface area (Å²) < 4.78 is 41.2. The Morgan fingerprint density at radius 3 is 2.47 bits per heavy atom. The van der Waals surface area contributed by atoms with E-state index >= 15 is 0 Å². The zero-order valence-electron chi connectivity index (χ0n) is 21.3. The van der Waals surface area contributed by atoms with Gasteiger partial charge in [-0.1, -0.05) is 24.6 Å². The summed E-state index contributed by atoms with van der Waals surface area (Å²) in [5.41, 5.74) is 1.70. The van der Waals surface area contributed by atoms with Gasteiger partial charge in [0.1, 0.15) is 10.6 Å². The first kappa shape index (κ1) is 27.2. The number of ether oxygens (including phenoxy) is 2. The smallest absolute Gasteiger partial charge is 0.272 e. The van der Waals surface area contributed by atoms with Gasteiger partial charge in [0, 0.05) is 37.3 Å². The van der Waals surface area contributed by atoms with Crippen molar-refractivity contribution in [3.05, 3.63) is 69.4 Å². The van der Waals surface area contributed by atoms with E-state index in [1.165, 1.54) is 21.1 Å². The summed E-state index contributed by atoms with van der Waals surface area (Å²) in [5, 5.41) is 18.8. The lowest BCUT2D eigenvalue weighted by Gasteiger charge is -2.26. The number of aryl methyl sites for hydroxylation is 1. The van der Waals surface area contributed by atoms with Gasteiger partial charge in [-0.15, -0.1) is 0 Å². The molecule has 1 amide bonds. The first-order valence-corrected chi connectivity index (χ1v) is 13.6. The van der Waals surface area contributed by atoms with Gasteiger partial charge < -0.3 is 14.8 Å². The van der Waals surface area contributed by atoms with Crippen LogP contribution >= 0.6 is 0 Å². The van der Waals surface area contributed by atoms with E-state index in [2.05, 4.69) is 10.4 Å². The van der Waals surface area contributed by atoms with Gasteiger partial charge in [-0.25, -0.2) is 8.42 Å². The lowest BCUT2D eigenvalue weighted by Crippen LogP contribution is -2.40. The molecular formula is C25H29N5O7S. The molecular weight excluding hydrogens is 514 g/mol. The highest BCUT2D eigenvalue weighted by molar-refractivity contribution is 7.89. The summed E-state index contributed by atoms with van der Waals surface area (Å²) in [6, 6.07) is 10.7. The van der Waals surface area contributed by atoms with Crippen LogP contribution in [0.4, 0.5) is 5.69 Å². The SMILES string of the molecule is CCCNC(=O)c1nn(-c2ccc(C)cc2)c(Oc2ccc([N+](=O)[O-])cc2S(=O)(=O)N2CCOCC2)c1C. The van der Waals surface area contributed by atoms with Crippen LogP contribution in [0.25, 0.3) is 5.69 Å². The number of aromatic nitrogens is 2. The first-order valence-electron chi connectivity index (χ1n) is 12.1. The third-order valence-electron chi connectivity index (χ3n) is 6.03. The molecule has 38 heavy (non-hydrogen) atoms. The summed E-state index contributed by atoms with van der Waals surface area (Å²) >= 11 is 0. The number of nitrogens with zero attached hydrogens (tertiary/aromatic N) is 4. The Bertz CT molecular complexity index is 1450. The molecule has 1 saturated heterocycles. The Balaban J connectivity index is 1.85. The van der Waals surface area contributed by atoms with Gasteiger partial charge in [0.15, 0.2) is 5.69 Å². The zero-order valence-corrected chi connectivity index (χ0v) is 22.2. The second-order valence-electron chi connectivity index (χ2n) is 8.79. The lowest BCUT2D eigenvalue weighted by molar-refractivity contribution is -0.385. The van der Waals surface area contributed by atoms with Crippen molar-refractivity contribution in [3.63, 3.8) is 0 Å². The van der Waals surface area contributed by atoms with Crippen LogP contribution in [0.3, 0.4) is 0 Å². The van der Waals surface area contributed by atoms with E-state index in [0.29, 0.717) is 17.8 Å². The molecule has 1 N–H and O–H groups in total. The van der Waals surface area contributed by atoms with Crippen molar-refractivity contribution >= 4 is 21.6 Å². The summed E-state index contributed by atoms with van der Waals surface area (Å²) in [7, 11) is -4.17.